The number of rotatable bonds is 9. The summed E-state index contributed by atoms with van der Waals surface area (Å²) >= 11 is 0. The summed E-state index contributed by atoms with van der Waals surface area (Å²) in [6.45, 7) is 1.59. The van der Waals surface area contributed by atoms with Crippen LogP contribution in [-0.4, -0.2) is 72.9 Å². The number of hydrogen-bond donors (Lipinski definition) is 5. The van der Waals surface area contributed by atoms with Crippen molar-refractivity contribution in [3.63, 3.8) is 0 Å². The summed E-state index contributed by atoms with van der Waals surface area (Å²) in [4.78, 5) is 10.8. The lowest BCUT2D eigenvalue weighted by atomic mass is 10.0. The van der Waals surface area contributed by atoms with E-state index in [0.717, 1.165) is 11.4 Å². The quantitative estimate of drug-likeness (QED) is 0.254. The molecule has 2 unspecified atom stereocenters. The minimum atomic E-state index is -1.15. The van der Waals surface area contributed by atoms with Crippen molar-refractivity contribution < 1.29 is 20.1 Å². The summed E-state index contributed by atoms with van der Waals surface area (Å²) in [6, 6.07) is 11.5. The zero-order chi connectivity index (χ0) is 22.2. The molecule has 2 aromatic rings. The Hall–Kier alpha value is -2.60. The fourth-order valence-corrected chi connectivity index (χ4v) is 3.46. The van der Waals surface area contributed by atoms with E-state index in [4.69, 9.17) is 16.3 Å². The summed E-state index contributed by atoms with van der Waals surface area (Å²) in [6.07, 6.45) is 0.783. The Bertz CT molecular complexity index is 784. The molecule has 0 aliphatic carbocycles. The Morgan fingerprint density at radius 1 is 1.06 bits per heavy atom. The first-order valence-electron chi connectivity index (χ1n) is 10.1. The van der Waals surface area contributed by atoms with Crippen molar-refractivity contribution in [3.05, 3.63) is 72.1 Å². The molecule has 2 aromatic heterocycles. The Morgan fingerprint density at radius 3 is 2.23 bits per heavy atom. The van der Waals surface area contributed by atoms with Crippen molar-refractivity contribution in [3.8, 4) is 0 Å². The molecule has 0 saturated carbocycles. The third kappa shape index (κ3) is 7.24. The summed E-state index contributed by atoms with van der Waals surface area (Å²) in [5.74, 6) is 6.02. The van der Waals surface area contributed by atoms with Crippen LogP contribution in [0.2, 0.25) is 0 Å². The van der Waals surface area contributed by atoms with E-state index in [9.17, 15) is 15.3 Å². The number of ether oxygens (including phenoxy) is 1. The van der Waals surface area contributed by atoms with Crippen LogP contribution in [0, 0.1) is 0 Å². The molecule has 0 radical (unpaired) electrons. The molecule has 3 heterocycles. The van der Waals surface area contributed by atoms with E-state index in [1.54, 1.807) is 18.6 Å². The highest BCUT2D eigenvalue weighted by Crippen LogP contribution is 2.19. The predicted octanol–water partition coefficient (Wildman–Crippen LogP) is -0.716. The molecule has 10 nitrogen and oxygen atoms in total. The maximum atomic E-state index is 10.1. The number of aliphatic hydroxyl groups excluding tert-OH is 3. The highest BCUT2D eigenvalue weighted by atomic mass is 16.6. The number of nitrogens with two attached hydrogens (primary N) is 2. The fraction of sp³-hybridized carbons (Fsp3) is 0.429. The first kappa shape index (κ1) is 23.1. The number of hydrogen-bond acceptors (Lipinski definition) is 10. The molecule has 1 saturated heterocycles. The Balaban J connectivity index is 1.63. The normalized spacial score (nSPS) is 24.4. The van der Waals surface area contributed by atoms with E-state index in [2.05, 4.69) is 14.9 Å². The van der Waals surface area contributed by atoms with E-state index < -0.39 is 24.6 Å². The molecule has 10 heteroatoms. The lowest BCUT2D eigenvalue weighted by Crippen LogP contribution is -2.53. The van der Waals surface area contributed by atoms with Crippen LogP contribution in [0.25, 0.3) is 0 Å². The van der Waals surface area contributed by atoms with Gasteiger partial charge in [-0.1, -0.05) is 12.1 Å². The molecule has 0 spiro atoms. The third-order valence-corrected chi connectivity index (χ3v) is 4.90. The molecule has 1 aliphatic heterocycles. The molecule has 3 rings (SSSR count). The first-order valence-corrected chi connectivity index (χ1v) is 10.1. The average Bonchev–Trinajstić information content (AvgIpc) is 2.73. The van der Waals surface area contributed by atoms with Crippen molar-refractivity contribution in [2.75, 3.05) is 13.1 Å². The van der Waals surface area contributed by atoms with E-state index in [1.807, 2.05) is 36.4 Å². The van der Waals surface area contributed by atoms with Crippen LogP contribution in [0.1, 0.15) is 17.8 Å². The minimum absolute atomic E-state index is 0.0454. The van der Waals surface area contributed by atoms with Gasteiger partial charge in [-0.05, 0) is 24.3 Å². The average molecular weight is 431 g/mol. The highest BCUT2D eigenvalue weighted by Gasteiger charge is 2.36. The summed E-state index contributed by atoms with van der Waals surface area (Å²) in [7, 11) is 0. The zero-order valence-corrected chi connectivity index (χ0v) is 17.2. The molecule has 0 amide bonds. The molecule has 0 bridgehead atoms. The molecule has 168 valence electrons. The third-order valence-electron chi connectivity index (χ3n) is 4.90. The second-order valence-electron chi connectivity index (χ2n) is 7.61. The smallest absolute Gasteiger partial charge is 0.157 e. The van der Waals surface area contributed by atoms with Gasteiger partial charge in [0.15, 0.2) is 6.29 Å². The van der Waals surface area contributed by atoms with Gasteiger partial charge in [0.05, 0.1) is 24.0 Å². The largest absolute Gasteiger partial charge is 0.400 e. The van der Waals surface area contributed by atoms with Gasteiger partial charge in [-0.3, -0.25) is 14.9 Å². The molecule has 1 aliphatic rings. The lowest BCUT2D eigenvalue weighted by molar-refractivity contribution is -0.234. The second-order valence-corrected chi connectivity index (χ2v) is 7.61. The van der Waals surface area contributed by atoms with Gasteiger partial charge in [0.25, 0.3) is 0 Å². The van der Waals surface area contributed by atoms with Crippen LogP contribution in [-0.2, 0) is 17.8 Å². The van der Waals surface area contributed by atoms with Crippen LogP contribution >= 0.6 is 0 Å². The van der Waals surface area contributed by atoms with Gasteiger partial charge in [0, 0.05) is 50.3 Å². The van der Waals surface area contributed by atoms with Gasteiger partial charge in [-0.25, -0.2) is 5.84 Å². The fourth-order valence-electron chi connectivity index (χ4n) is 3.46. The van der Waals surface area contributed by atoms with Gasteiger partial charge in [-0.15, -0.1) is 0 Å². The van der Waals surface area contributed by atoms with Gasteiger partial charge in [0.1, 0.15) is 12.2 Å². The monoisotopic (exact) mass is 430 g/mol. The van der Waals surface area contributed by atoms with Crippen LogP contribution in [0.5, 0.6) is 0 Å². The number of nitrogens with zero attached hydrogens (tertiary/aromatic N) is 4. The summed E-state index contributed by atoms with van der Waals surface area (Å²) in [5.41, 5.74) is 8.52. The molecule has 0 aromatic carbocycles. The van der Waals surface area contributed by atoms with Crippen molar-refractivity contribution in [1.82, 2.24) is 19.9 Å². The van der Waals surface area contributed by atoms with E-state index in [0.29, 0.717) is 25.3 Å². The number of hydrazine groups is 1. The second kappa shape index (κ2) is 11.1. The van der Waals surface area contributed by atoms with Crippen molar-refractivity contribution in [2.24, 2.45) is 11.6 Å². The van der Waals surface area contributed by atoms with Crippen molar-refractivity contribution >= 4 is 0 Å². The van der Waals surface area contributed by atoms with Gasteiger partial charge < -0.3 is 30.8 Å². The number of aromatic nitrogens is 2. The Morgan fingerprint density at radius 2 is 1.68 bits per heavy atom. The van der Waals surface area contributed by atoms with Gasteiger partial charge >= 0.3 is 0 Å². The zero-order valence-electron chi connectivity index (χ0n) is 17.2. The van der Waals surface area contributed by atoms with Gasteiger partial charge in [0.2, 0.25) is 0 Å². The van der Waals surface area contributed by atoms with Crippen LogP contribution < -0.4 is 11.6 Å². The molecule has 7 N–H and O–H groups in total. The van der Waals surface area contributed by atoms with Crippen molar-refractivity contribution in [2.45, 2.75) is 44.1 Å². The summed E-state index contributed by atoms with van der Waals surface area (Å²) in [5, 5.41) is 30.8. The lowest BCUT2D eigenvalue weighted by Gasteiger charge is -2.36. The Labute approximate surface area is 181 Å². The maximum Gasteiger partial charge on any atom is 0.157 e. The maximum absolute atomic E-state index is 10.1. The van der Waals surface area contributed by atoms with Crippen LogP contribution in [0.3, 0.4) is 0 Å². The van der Waals surface area contributed by atoms with E-state index >= 15 is 0 Å². The molecule has 1 fully saturated rings. The highest BCUT2D eigenvalue weighted by molar-refractivity contribution is 5.08. The molecular weight excluding hydrogens is 400 g/mol. The molecular formula is C21H30N6O4. The van der Waals surface area contributed by atoms with Crippen LogP contribution in [0.4, 0.5) is 0 Å². The number of aliphatic hydroxyl groups is 3. The standard InChI is InChI=1S/C21H30N6O4/c22-15(11-27(23)14-19-21(30)18(28)9-20(29)31-19)10-26(12-16-5-1-3-7-24-16)13-17-6-2-4-8-25-17/h1-8,11,18-21,28-30H,9-10,12-14,22-23H2/b15-11-/t18-,19?,20?,21-/m1/s1. The summed E-state index contributed by atoms with van der Waals surface area (Å²) < 4.78 is 5.29. The molecule has 4 atom stereocenters. The first-order chi connectivity index (χ1) is 14.9. The van der Waals surface area contributed by atoms with Crippen molar-refractivity contribution in [1.29, 1.82) is 0 Å². The minimum Gasteiger partial charge on any atom is -0.400 e. The van der Waals surface area contributed by atoms with E-state index in [-0.39, 0.29) is 13.0 Å². The van der Waals surface area contributed by atoms with Gasteiger partial charge in [-0.2, -0.15) is 0 Å². The predicted molar refractivity (Wildman–Crippen MR) is 113 cm³/mol. The number of pyridine rings is 2. The molecule has 31 heavy (non-hydrogen) atoms. The SMILES string of the molecule is N/C(=C\N(N)CC1OC(O)C[C@@H](O)[C@H]1O)CN(Cc1ccccn1)Cc1ccccn1. The topological polar surface area (TPSA) is 154 Å². The Kier molecular flexibility index (Phi) is 8.29. The van der Waals surface area contributed by atoms with E-state index in [1.165, 1.54) is 5.01 Å². The van der Waals surface area contributed by atoms with Crippen LogP contribution in [0.15, 0.2) is 60.7 Å².